The van der Waals surface area contributed by atoms with Crippen LogP contribution in [0.1, 0.15) is 18.4 Å². The molecular formula is C21H26ClN5O2. The number of aliphatic imine (C=N–C) groups is 1. The number of aromatic nitrogens is 1. The minimum absolute atomic E-state index is 0.270. The highest BCUT2D eigenvalue weighted by Gasteiger charge is 2.25. The van der Waals surface area contributed by atoms with E-state index in [9.17, 15) is 0 Å². The van der Waals surface area contributed by atoms with Crippen molar-refractivity contribution in [2.75, 3.05) is 38.3 Å². The summed E-state index contributed by atoms with van der Waals surface area (Å²) in [6.07, 6.45) is 3.66. The third-order valence-corrected chi connectivity index (χ3v) is 5.39. The number of pyridine rings is 1. The molecule has 2 aliphatic rings. The number of halogens is 1. The molecule has 0 amide bonds. The summed E-state index contributed by atoms with van der Waals surface area (Å²) in [5.74, 6) is 3.23. The predicted molar refractivity (Wildman–Crippen MR) is 115 cm³/mol. The molecule has 1 unspecified atom stereocenters. The van der Waals surface area contributed by atoms with E-state index in [4.69, 9.17) is 21.1 Å². The van der Waals surface area contributed by atoms with E-state index in [1.807, 2.05) is 30.3 Å². The minimum Gasteiger partial charge on any atom is -0.490 e. The van der Waals surface area contributed by atoms with E-state index in [0.717, 1.165) is 54.8 Å². The van der Waals surface area contributed by atoms with E-state index >= 15 is 0 Å². The van der Waals surface area contributed by atoms with Gasteiger partial charge in [0, 0.05) is 50.9 Å². The predicted octanol–water partition coefficient (Wildman–Crippen LogP) is 2.84. The number of hydrogen-bond donors (Lipinski definition) is 2. The van der Waals surface area contributed by atoms with Crippen molar-refractivity contribution < 1.29 is 9.47 Å². The zero-order valence-electron chi connectivity index (χ0n) is 16.5. The van der Waals surface area contributed by atoms with Gasteiger partial charge in [0.2, 0.25) is 0 Å². The van der Waals surface area contributed by atoms with Gasteiger partial charge in [-0.25, -0.2) is 4.98 Å². The van der Waals surface area contributed by atoms with Crippen molar-refractivity contribution in [1.29, 1.82) is 0 Å². The maximum absolute atomic E-state index is 6.29. The van der Waals surface area contributed by atoms with Crippen LogP contribution in [0.3, 0.4) is 0 Å². The second kappa shape index (κ2) is 9.22. The molecule has 2 aliphatic heterocycles. The van der Waals surface area contributed by atoms with Crippen LogP contribution in [0.2, 0.25) is 5.02 Å². The van der Waals surface area contributed by atoms with Gasteiger partial charge >= 0.3 is 0 Å². The molecule has 29 heavy (non-hydrogen) atoms. The molecule has 0 spiro atoms. The fourth-order valence-electron chi connectivity index (χ4n) is 3.64. The van der Waals surface area contributed by atoms with E-state index in [0.29, 0.717) is 24.8 Å². The summed E-state index contributed by atoms with van der Waals surface area (Å²) in [6, 6.07) is 9.99. The van der Waals surface area contributed by atoms with Crippen LogP contribution >= 0.6 is 11.6 Å². The first-order valence-electron chi connectivity index (χ1n) is 9.94. The van der Waals surface area contributed by atoms with Crippen molar-refractivity contribution in [3.05, 3.63) is 47.1 Å². The number of guanidine groups is 1. The maximum atomic E-state index is 6.29. The van der Waals surface area contributed by atoms with Crippen molar-refractivity contribution >= 4 is 23.4 Å². The zero-order chi connectivity index (χ0) is 20.1. The van der Waals surface area contributed by atoms with Gasteiger partial charge in [-0.1, -0.05) is 23.7 Å². The Balaban J connectivity index is 1.35. The molecule has 154 valence electrons. The Hall–Kier alpha value is -2.67. The number of fused-ring (bicyclic) bond motifs is 1. The largest absolute Gasteiger partial charge is 0.490 e. The van der Waals surface area contributed by atoms with Crippen LogP contribution < -0.4 is 25.0 Å². The fraction of sp³-hybridized carbons (Fsp3) is 0.429. The summed E-state index contributed by atoms with van der Waals surface area (Å²) in [4.78, 5) is 11.0. The van der Waals surface area contributed by atoms with Crippen molar-refractivity contribution in [1.82, 2.24) is 15.6 Å². The lowest BCUT2D eigenvalue weighted by atomic mass is 10.2. The summed E-state index contributed by atoms with van der Waals surface area (Å²) in [6.45, 7) is 3.70. The summed E-state index contributed by atoms with van der Waals surface area (Å²) < 4.78 is 11.7. The average molecular weight is 416 g/mol. The smallest absolute Gasteiger partial charge is 0.191 e. The third-order valence-electron chi connectivity index (χ3n) is 5.09. The molecule has 4 rings (SSSR count). The first kappa shape index (κ1) is 19.6. The lowest BCUT2D eigenvalue weighted by Crippen LogP contribution is -2.44. The summed E-state index contributed by atoms with van der Waals surface area (Å²) in [5.41, 5.74) is 1.06. The van der Waals surface area contributed by atoms with E-state index in [1.54, 1.807) is 13.2 Å². The molecule has 1 fully saturated rings. The Morgan fingerprint density at radius 1 is 1.28 bits per heavy atom. The van der Waals surface area contributed by atoms with E-state index < -0.39 is 0 Å². The Morgan fingerprint density at radius 3 is 3.03 bits per heavy atom. The quantitative estimate of drug-likeness (QED) is 0.591. The Bertz CT molecular complexity index is 876. The average Bonchev–Trinajstić information content (AvgIpc) is 3.06. The monoisotopic (exact) mass is 415 g/mol. The van der Waals surface area contributed by atoms with Crippen LogP contribution in [0.5, 0.6) is 11.5 Å². The van der Waals surface area contributed by atoms with Crippen LogP contribution in [0.25, 0.3) is 0 Å². The molecule has 1 aromatic carbocycles. The maximum Gasteiger partial charge on any atom is 0.191 e. The summed E-state index contributed by atoms with van der Waals surface area (Å²) in [5, 5.41) is 7.58. The number of nitrogens with one attached hydrogen (secondary N) is 2. The van der Waals surface area contributed by atoms with Gasteiger partial charge in [0.15, 0.2) is 17.5 Å². The Labute approximate surface area is 176 Å². The molecule has 8 heteroatoms. The van der Waals surface area contributed by atoms with Crippen molar-refractivity contribution in [3.63, 3.8) is 0 Å². The van der Waals surface area contributed by atoms with Crippen LogP contribution in [0.15, 0.2) is 41.5 Å². The van der Waals surface area contributed by atoms with Crippen LogP contribution in [0.4, 0.5) is 5.82 Å². The highest BCUT2D eigenvalue weighted by Crippen LogP contribution is 2.33. The molecule has 0 radical (unpaired) electrons. The van der Waals surface area contributed by atoms with Gasteiger partial charge in [-0.3, -0.25) is 4.99 Å². The molecular weight excluding hydrogens is 390 g/mol. The molecule has 2 aromatic rings. The fourth-order valence-corrected chi connectivity index (χ4v) is 3.88. The van der Waals surface area contributed by atoms with Crippen LogP contribution in [-0.2, 0) is 6.54 Å². The van der Waals surface area contributed by atoms with Crippen molar-refractivity contribution in [2.24, 2.45) is 4.99 Å². The minimum atomic E-state index is 0.270. The second-order valence-corrected chi connectivity index (χ2v) is 7.51. The third kappa shape index (κ3) is 4.67. The van der Waals surface area contributed by atoms with Gasteiger partial charge in [-0.2, -0.15) is 0 Å². The molecule has 1 saturated heterocycles. The highest BCUT2D eigenvalue weighted by atomic mass is 35.5. The molecule has 1 aromatic heterocycles. The van der Waals surface area contributed by atoms with Crippen molar-refractivity contribution in [3.8, 4) is 11.5 Å². The number of nitrogens with zero attached hydrogens (tertiary/aromatic N) is 3. The first-order chi connectivity index (χ1) is 14.2. The van der Waals surface area contributed by atoms with Gasteiger partial charge in [-0.05, 0) is 24.6 Å². The van der Waals surface area contributed by atoms with Crippen LogP contribution in [-0.4, -0.2) is 50.3 Å². The SMILES string of the molecule is CN=C(NCc1cccc2c1OCCCO2)NC1CCN(c2ncccc2Cl)C1. The number of anilines is 1. The molecule has 0 aliphatic carbocycles. The second-order valence-electron chi connectivity index (χ2n) is 7.11. The van der Waals surface area contributed by atoms with Gasteiger partial charge in [0.05, 0.1) is 18.2 Å². The molecule has 0 bridgehead atoms. The number of benzene rings is 1. The number of rotatable bonds is 4. The summed E-state index contributed by atoms with van der Waals surface area (Å²) >= 11 is 6.29. The van der Waals surface area contributed by atoms with E-state index in [-0.39, 0.29) is 6.04 Å². The van der Waals surface area contributed by atoms with E-state index in [2.05, 4.69) is 25.5 Å². The number of para-hydroxylation sites is 1. The molecule has 7 nitrogen and oxygen atoms in total. The summed E-state index contributed by atoms with van der Waals surface area (Å²) in [7, 11) is 1.78. The lowest BCUT2D eigenvalue weighted by Gasteiger charge is -2.20. The highest BCUT2D eigenvalue weighted by molar-refractivity contribution is 6.32. The van der Waals surface area contributed by atoms with Gasteiger partial charge in [0.1, 0.15) is 5.82 Å². The lowest BCUT2D eigenvalue weighted by molar-refractivity contribution is 0.296. The zero-order valence-corrected chi connectivity index (χ0v) is 17.3. The number of hydrogen-bond acceptors (Lipinski definition) is 5. The number of ether oxygens (including phenoxy) is 2. The molecule has 0 saturated carbocycles. The molecule has 1 atom stereocenters. The van der Waals surface area contributed by atoms with Gasteiger partial charge < -0.3 is 25.0 Å². The van der Waals surface area contributed by atoms with Gasteiger partial charge in [0.25, 0.3) is 0 Å². The van der Waals surface area contributed by atoms with Crippen LogP contribution in [0, 0.1) is 0 Å². The topological polar surface area (TPSA) is 71.0 Å². The standard InChI is InChI=1S/C21H26ClN5O2/c1-23-21(25-13-15-5-2-7-18-19(15)29-12-4-11-28-18)26-16-8-10-27(14-16)20-17(22)6-3-9-24-20/h2-3,5-7,9,16H,4,8,10-14H2,1H3,(H2,23,25,26). The molecule has 2 N–H and O–H groups in total. The van der Waals surface area contributed by atoms with Gasteiger partial charge in [-0.15, -0.1) is 0 Å². The Morgan fingerprint density at radius 2 is 2.17 bits per heavy atom. The normalized spacial score (nSPS) is 19.0. The van der Waals surface area contributed by atoms with Crippen molar-refractivity contribution in [2.45, 2.75) is 25.4 Å². The Kier molecular flexibility index (Phi) is 6.24. The molecule has 3 heterocycles. The first-order valence-corrected chi connectivity index (χ1v) is 10.3. The van der Waals surface area contributed by atoms with E-state index in [1.165, 1.54) is 0 Å².